The standard InChI is InChI=1S/C22H20N2O2/c1-16(26-21-11-8-17(14-23)9-12-21)22(25)24(2)15-18-7-10-19-5-3-4-6-20(19)13-18/h3-13,16H,15H2,1-2H3/t16-/m0/s1. The third-order valence-electron chi connectivity index (χ3n) is 4.25. The molecule has 0 aliphatic carbocycles. The fourth-order valence-electron chi connectivity index (χ4n) is 2.86. The van der Waals surface area contributed by atoms with E-state index in [4.69, 9.17) is 10.00 Å². The lowest BCUT2D eigenvalue weighted by Gasteiger charge is -2.22. The van der Waals surface area contributed by atoms with Crippen LogP contribution >= 0.6 is 0 Å². The molecule has 1 amide bonds. The van der Waals surface area contributed by atoms with Crippen molar-refractivity contribution in [1.82, 2.24) is 4.90 Å². The number of hydrogen-bond acceptors (Lipinski definition) is 3. The topological polar surface area (TPSA) is 53.3 Å². The van der Waals surface area contributed by atoms with Crippen LogP contribution in [0.2, 0.25) is 0 Å². The molecule has 1 atom stereocenters. The van der Waals surface area contributed by atoms with Crippen LogP contribution in [-0.4, -0.2) is 24.0 Å². The first kappa shape index (κ1) is 17.5. The van der Waals surface area contributed by atoms with Gasteiger partial charge in [0.1, 0.15) is 5.75 Å². The van der Waals surface area contributed by atoms with Gasteiger partial charge in [-0.1, -0.05) is 36.4 Å². The molecular weight excluding hydrogens is 324 g/mol. The van der Waals surface area contributed by atoms with Gasteiger partial charge in [0.25, 0.3) is 5.91 Å². The van der Waals surface area contributed by atoms with E-state index in [1.807, 2.05) is 18.2 Å². The lowest BCUT2D eigenvalue weighted by Crippen LogP contribution is -2.37. The normalized spacial score (nSPS) is 11.6. The maximum absolute atomic E-state index is 12.6. The molecule has 0 bridgehead atoms. The maximum Gasteiger partial charge on any atom is 0.263 e. The average molecular weight is 344 g/mol. The third kappa shape index (κ3) is 4.01. The molecule has 0 spiro atoms. The smallest absolute Gasteiger partial charge is 0.263 e. The van der Waals surface area contributed by atoms with Gasteiger partial charge < -0.3 is 9.64 Å². The molecule has 3 aromatic carbocycles. The van der Waals surface area contributed by atoms with E-state index in [9.17, 15) is 4.79 Å². The minimum atomic E-state index is -0.603. The summed E-state index contributed by atoms with van der Waals surface area (Å²) in [7, 11) is 1.77. The van der Waals surface area contributed by atoms with E-state index in [0.29, 0.717) is 17.9 Å². The average Bonchev–Trinajstić information content (AvgIpc) is 2.67. The van der Waals surface area contributed by atoms with Crippen molar-refractivity contribution < 1.29 is 9.53 Å². The summed E-state index contributed by atoms with van der Waals surface area (Å²) >= 11 is 0. The molecule has 0 radical (unpaired) electrons. The highest BCUT2D eigenvalue weighted by molar-refractivity contribution is 5.83. The van der Waals surface area contributed by atoms with Crippen molar-refractivity contribution in [3.63, 3.8) is 0 Å². The summed E-state index contributed by atoms with van der Waals surface area (Å²) in [6.45, 7) is 2.25. The van der Waals surface area contributed by atoms with E-state index in [1.165, 1.54) is 5.39 Å². The van der Waals surface area contributed by atoms with Gasteiger partial charge in [-0.05, 0) is 53.6 Å². The van der Waals surface area contributed by atoms with Crippen LogP contribution in [0.15, 0.2) is 66.7 Å². The van der Waals surface area contributed by atoms with Crippen LogP contribution < -0.4 is 4.74 Å². The van der Waals surface area contributed by atoms with Gasteiger partial charge in [0.05, 0.1) is 11.6 Å². The second-order valence-electron chi connectivity index (χ2n) is 6.27. The number of rotatable bonds is 5. The molecule has 3 aromatic rings. The molecular formula is C22H20N2O2. The molecule has 0 aliphatic heterocycles. The van der Waals surface area contributed by atoms with E-state index < -0.39 is 6.10 Å². The molecule has 3 rings (SSSR count). The summed E-state index contributed by atoms with van der Waals surface area (Å²) in [6.07, 6.45) is -0.603. The number of likely N-dealkylation sites (N-methyl/N-ethyl adjacent to an activating group) is 1. The van der Waals surface area contributed by atoms with Crippen molar-refractivity contribution in [1.29, 1.82) is 5.26 Å². The highest BCUT2D eigenvalue weighted by Gasteiger charge is 2.19. The fraction of sp³-hybridized carbons (Fsp3) is 0.182. The van der Waals surface area contributed by atoms with E-state index in [2.05, 4.69) is 30.3 Å². The Morgan fingerprint density at radius 1 is 1.08 bits per heavy atom. The van der Waals surface area contributed by atoms with Crippen LogP contribution in [0.1, 0.15) is 18.1 Å². The number of carbonyl (C=O) groups is 1. The largest absolute Gasteiger partial charge is 0.481 e. The van der Waals surface area contributed by atoms with Gasteiger partial charge >= 0.3 is 0 Å². The number of hydrogen-bond donors (Lipinski definition) is 0. The number of benzene rings is 3. The summed E-state index contributed by atoms with van der Waals surface area (Å²) in [5, 5.41) is 11.2. The summed E-state index contributed by atoms with van der Waals surface area (Å²) in [4.78, 5) is 14.3. The highest BCUT2D eigenvalue weighted by atomic mass is 16.5. The third-order valence-corrected chi connectivity index (χ3v) is 4.25. The van der Waals surface area contributed by atoms with Gasteiger partial charge in [0, 0.05) is 13.6 Å². The first-order valence-corrected chi connectivity index (χ1v) is 8.46. The van der Waals surface area contributed by atoms with Crippen molar-refractivity contribution in [2.75, 3.05) is 7.05 Å². The van der Waals surface area contributed by atoms with Gasteiger partial charge in [0.2, 0.25) is 0 Å². The van der Waals surface area contributed by atoms with Crippen LogP contribution in [0.25, 0.3) is 10.8 Å². The van der Waals surface area contributed by atoms with Crippen LogP contribution in [0.5, 0.6) is 5.75 Å². The van der Waals surface area contributed by atoms with Crippen LogP contribution in [0.3, 0.4) is 0 Å². The molecule has 0 fully saturated rings. The predicted octanol–water partition coefficient (Wildman–Crippen LogP) is 4.14. The summed E-state index contributed by atoms with van der Waals surface area (Å²) in [6, 6.07) is 23.2. The first-order valence-electron chi connectivity index (χ1n) is 8.46. The molecule has 0 N–H and O–H groups in total. The quantitative estimate of drug-likeness (QED) is 0.699. The highest BCUT2D eigenvalue weighted by Crippen LogP contribution is 2.18. The van der Waals surface area contributed by atoms with Crippen molar-refractivity contribution in [3.8, 4) is 11.8 Å². The van der Waals surface area contributed by atoms with Crippen molar-refractivity contribution in [3.05, 3.63) is 77.9 Å². The van der Waals surface area contributed by atoms with Crippen LogP contribution in [-0.2, 0) is 11.3 Å². The Morgan fingerprint density at radius 3 is 2.46 bits per heavy atom. The number of carbonyl (C=O) groups excluding carboxylic acids is 1. The maximum atomic E-state index is 12.6. The van der Waals surface area contributed by atoms with Crippen LogP contribution in [0, 0.1) is 11.3 Å². The SMILES string of the molecule is C[C@H](Oc1ccc(C#N)cc1)C(=O)N(C)Cc1ccc2ccccc2c1. The molecule has 0 aliphatic rings. The first-order chi connectivity index (χ1) is 12.6. The molecule has 26 heavy (non-hydrogen) atoms. The van der Waals surface area contributed by atoms with Crippen molar-refractivity contribution in [2.24, 2.45) is 0 Å². The lowest BCUT2D eigenvalue weighted by molar-refractivity contribution is -0.137. The second kappa shape index (κ2) is 7.71. The lowest BCUT2D eigenvalue weighted by atomic mass is 10.1. The molecule has 0 aromatic heterocycles. The van der Waals surface area contributed by atoms with Gasteiger partial charge in [-0.15, -0.1) is 0 Å². The van der Waals surface area contributed by atoms with Gasteiger partial charge in [-0.3, -0.25) is 4.79 Å². The second-order valence-corrected chi connectivity index (χ2v) is 6.27. The predicted molar refractivity (Wildman–Crippen MR) is 102 cm³/mol. The number of nitriles is 1. The van der Waals surface area contributed by atoms with Gasteiger partial charge in [-0.2, -0.15) is 5.26 Å². The Hall–Kier alpha value is -3.32. The van der Waals surface area contributed by atoms with Crippen molar-refractivity contribution >= 4 is 16.7 Å². The monoisotopic (exact) mass is 344 g/mol. The minimum Gasteiger partial charge on any atom is -0.481 e. The summed E-state index contributed by atoms with van der Waals surface area (Å²) < 4.78 is 5.70. The zero-order valence-electron chi connectivity index (χ0n) is 14.8. The molecule has 0 saturated carbocycles. The molecule has 4 nitrogen and oxygen atoms in total. The Balaban J connectivity index is 1.64. The number of amides is 1. The molecule has 0 unspecified atom stereocenters. The fourth-order valence-corrected chi connectivity index (χ4v) is 2.86. The van der Waals surface area contributed by atoms with Crippen LogP contribution in [0.4, 0.5) is 0 Å². The Bertz CT molecular complexity index is 958. The number of ether oxygens (including phenoxy) is 1. The van der Waals surface area contributed by atoms with Gasteiger partial charge in [0.15, 0.2) is 6.10 Å². The number of nitrogens with zero attached hydrogens (tertiary/aromatic N) is 2. The zero-order valence-corrected chi connectivity index (χ0v) is 14.8. The van der Waals surface area contributed by atoms with E-state index in [-0.39, 0.29) is 5.91 Å². The molecule has 4 heteroatoms. The Kier molecular flexibility index (Phi) is 5.19. The molecule has 130 valence electrons. The Morgan fingerprint density at radius 2 is 1.77 bits per heavy atom. The summed E-state index contributed by atoms with van der Waals surface area (Å²) in [5.41, 5.74) is 1.63. The van der Waals surface area contributed by atoms with E-state index in [1.54, 1.807) is 43.1 Å². The summed E-state index contributed by atoms with van der Waals surface area (Å²) in [5.74, 6) is 0.478. The zero-order chi connectivity index (χ0) is 18.5. The Labute approximate surface area is 153 Å². The van der Waals surface area contributed by atoms with E-state index in [0.717, 1.165) is 10.9 Å². The van der Waals surface area contributed by atoms with E-state index >= 15 is 0 Å². The number of fused-ring (bicyclic) bond motifs is 1. The van der Waals surface area contributed by atoms with Crippen molar-refractivity contribution in [2.45, 2.75) is 19.6 Å². The van der Waals surface area contributed by atoms with Gasteiger partial charge in [-0.25, -0.2) is 0 Å². The molecule has 0 saturated heterocycles. The minimum absolute atomic E-state index is 0.0949. The molecule has 0 heterocycles.